The van der Waals surface area contributed by atoms with Crippen LogP contribution >= 0.6 is 23.1 Å². The van der Waals surface area contributed by atoms with E-state index in [0.717, 1.165) is 31.9 Å². The largest absolute Gasteiger partial charge is 0.350 e. The maximum Gasteiger partial charge on any atom is 0.230 e. The summed E-state index contributed by atoms with van der Waals surface area (Å²) in [4.78, 5) is 17.7. The number of thiazole rings is 1. The van der Waals surface area contributed by atoms with Crippen molar-refractivity contribution in [2.75, 3.05) is 5.75 Å². The van der Waals surface area contributed by atoms with Gasteiger partial charge in [-0.15, -0.1) is 16.4 Å². The summed E-state index contributed by atoms with van der Waals surface area (Å²) in [5.74, 6) is 0.294. The third-order valence-electron chi connectivity index (χ3n) is 3.48. The van der Waals surface area contributed by atoms with Crippen molar-refractivity contribution in [1.29, 1.82) is 0 Å². The van der Waals surface area contributed by atoms with Gasteiger partial charge in [-0.2, -0.15) is 5.10 Å². The van der Waals surface area contributed by atoms with Crippen molar-refractivity contribution in [2.24, 2.45) is 0 Å². The Kier molecular flexibility index (Phi) is 5.78. The van der Waals surface area contributed by atoms with Crippen LogP contribution in [0.15, 0.2) is 47.5 Å². The maximum atomic E-state index is 12.0. The van der Waals surface area contributed by atoms with E-state index in [2.05, 4.69) is 20.5 Å². The lowest BCUT2D eigenvalue weighted by molar-refractivity contribution is -0.118. The molecule has 0 aliphatic carbocycles. The summed E-state index contributed by atoms with van der Waals surface area (Å²) in [6.45, 7) is 4.35. The minimum absolute atomic E-state index is 0.0264. The summed E-state index contributed by atoms with van der Waals surface area (Å²) < 4.78 is 0. The van der Waals surface area contributed by atoms with Crippen LogP contribution in [0.1, 0.15) is 16.3 Å². The van der Waals surface area contributed by atoms with Crippen LogP contribution in [0.4, 0.5) is 0 Å². The molecule has 0 aliphatic heterocycles. The molecule has 0 unspecified atom stereocenters. The average Bonchev–Trinajstić information content (AvgIpc) is 3.01. The van der Waals surface area contributed by atoms with Crippen molar-refractivity contribution in [3.05, 3.63) is 58.7 Å². The molecule has 1 amide bonds. The van der Waals surface area contributed by atoms with Gasteiger partial charge >= 0.3 is 0 Å². The molecule has 0 saturated carbocycles. The first kappa shape index (κ1) is 17.6. The summed E-state index contributed by atoms with van der Waals surface area (Å²) in [6.07, 6.45) is 0. The zero-order valence-corrected chi connectivity index (χ0v) is 15.7. The molecule has 7 heteroatoms. The van der Waals surface area contributed by atoms with Crippen molar-refractivity contribution >= 4 is 29.0 Å². The van der Waals surface area contributed by atoms with Gasteiger partial charge in [-0.3, -0.25) is 4.79 Å². The number of aryl methyl sites for hydroxylation is 2. The molecular formula is C18H18N4OS2. The molecule has 0 fully saturated rings. The molecule has 2 aromatic heterocycles. The smallest absolute Gasteiger partial charge is 0.230 e. The second-order valence-corrected chi connectivity index (χ2v) is 7.55. The van der Waals surface area contributed by atoms with E-state index < -0.39 is 0 Å². The lowest BCUT2D eigenvalue weighted by Crippen LogP contribution is -2.24. The van der Waals surface area contributed by atoms with E-state index in [4.69, 9.17) is 0 Å². The molecule has 0 radical (unpaired) electrons. The van der Waals surface area contributed by atoms with Gasteiger partial charge < -0.3 is 5.32 Å². The second kappa shape index (κ2) is 8.22. The maximum absolute atomic E-state index is 12.0. The summed E-state index contributed by atoms with van der Waals surface area (Å²) in [5.41, 5.74) is 2.92. The second-order valence-electron chi connectivity index (χ2n) is 5.47. The van der Waals surface area contributed by atoms with E-state index in [0.29, 0.717) is 12.3 Å². The Morgan fingerprint density at radius 1 is 1.12 bits per heavy atom. The van der Waals surface area contributed by atoms with Gasteiger partial charge in [0.25, 0.3) is 0 Å². The van der Waals surface area contributed by atoms with Crippen LogP contribution < -0.4 is 5.32 Å². The predicted octanol–water partition coefficient (Wildman–Crippen LogP) is 3.63. The lowest BCUT2D eigenvalue weighted by Gasteiger charge is -2.03. The Bertz CT molecular complexity index is 847. The molecular weight excluding hydrogens is 352 g/mol. The van der Waals surface area contributed by atoms with Crippen molar-refractivity contribution in [3.63, 3.8) is 0 Å². The van der Waals surface area contributed by atoms with Crippen molar-refractivity contribution in [2.45, 2.75) is 25.4 Å². The molecule has 0 saturated heterocycles. The van der Waals surface area contributed by atoms with Gasteiger partial charge in [0.2, 0.25) is 5.91 Å². The number of hydrogen-bond acceptors (Lipinski definition) is 6. The summed E-state index contributed by atoms with van der Waals surface area (Å²) in [6, 6.07) is 13.8. The van der Waals surface area contributed by atoms with Crippen LogP contribution in [0, 0.1) is 13.8 Å². The van der Waals surface area contributed by atoms with Crippen LogP contribution in [0.25, 0.3) is 10.6 Å². The Balaban J connectivity index is 1.53. The fourth-order valence-electron chi connectivity index (χ4n) is 2.13. The first-order chi connectivity index (χ1) is 12.1. The van der Waals surface area contributed by atoms with E-state index in [-0.39, 0.29) is 5.91 Å². The Morgan fingerprint density at radius 2 is 1.92 bits per heavy atom. The predicted molar refractivity (Wildman–Crippen MR) is 102 cm³/mol. The van der Waals surface area contributed by atoms with Gasteiger partial charge in [-0.25, -0.2) is 4.98 Å². The number of nitrogens with zero attached hydrogens (tertiary/aromatic N) is 3. The molecule has 128 valence electrons. The van der Waals surface area contributed by atoms with Crippen molar-refractivity contribution in [1.82, 2.24) is 20.5 Å². The summed E-state index contributed by atoms with van der Waals surface area (Å²) in [7, 11) is 0. The first-order valence-corrected chi connectivity index (χ1v) is 9.63. The molecule has 1 N–H and O–H groups in total. The number of nitrogens with one attached hydrogen (secondary N) is 1. The Hall–Kier alpha value is -2.25. The van der Waals surface area contributed by atoms with E-state index in [1.165, 1.54) is 11.8 Å². The highest BCUT2D eigenvalue weighted by Gasteiger charge is 2.11. The van der Waals surface area contributed by atoms with Crippen molar-refractivity contribution in [3.8, 4) is 10.6 Å². The highest BCUT2D eigenvalue weighted by atomic mass is 32.2. The van der Waals surface area contributed by atoms with Gasteiger partial charge in [0.15, 0.2) is 0 Å². The molecule has 2 heterocycles. The zero-order chi connectivity index (χ0) is 17.6. The van der Waals surface area contributed by atoms with E-state index >= 15 is 0 Å². The number of hydrogen-bond donors (Lipinski definition) is 1. The monoisotopic (exact) mass is 370 g/mol. The molecule has 0 spiro atoms. The van der Waals surface area contributed by atoms with Crippen LogP contribution in [0.3, 0.4) is 0 Å². The van der Waals surface area contributed by atoms with E-state index in [1.807, 2.05) is 56.3 Å². The fraction of sp³-hybridized carbons (Fsp3) is 0.222. The van der Waals surface area contributed by atoms with Gasteiger partial charge in [0.05, 0.1) is 23.7 Å². The molecule has 3 aromatic rings. The normalized spacial score (nSPS) is 10.6. The average molecular weight is 371 g/mol. The van der Waals surface area contributed by atoms with Gasteiger partial charge in [-0.05, 0) is 26.0 Å². The topological polar surface area (TPSA) is 67.8 Å². The number of carbonyl (C=O) groups excluding carboxylic acids is 1. The third-order valence-corrected chi connectivity index (χ3v) is 5.61. The molecule has 5 nitrogen and oxygen atoms in total. The number of aromatic nitrogens is 3. The van der Waals surface area contributed by atoms with Crippen LogP contribution in [0.5, 0.6) is 0 Å². The zero-order valence-electron chi connectivity index (χ0n) is 14.0. The summed E-state index contributed by atoms with van der Waals surface area (Å²) in [5, 5.41) is 12.7. The molecule has 1 aromatic carbocycles. The highest BCUT2D eigenvalue weighted by Crippen LogP contribution is 2.27. The van der Waals surface area contributed by atoms with Crippen LogP contribution in [-0.4, -0.2) is 26.8 Å². The number of rotatable bonds is 6. The quantitative estimate of drug-likeness (QED) is 0.671. The Labute approximate surface area is 154 Å². The standard InChI is InChI=1S/C18H18N4OS2/c1-12-8-9-17(22-21-12)24-11-16(23)19-10-15-13(2)20-18(25-15)14-6-4-3-5-7-14/h3-9H,10-11H2,1-2H3,(H,19,23). The first-order valence-electron chi connectivity index (χ1n) is 7.83. The van der Waals surface area contributed by atoms with E-state index in [9.17, 15) is 4.79 Å². The lowest BCUT2D eigenvalue weighted by atomic mass is 10.2. The third kappa shape index (κ3) is 4.87. The van der Waals surface area contributed by atoms with Crippen molar-refractivity contribution < 1.29 is 4.79 Å². The molecule has 0 aliphatic rings. The molecule has 0 bridgehead atoms. The summed E-state index contributed by atoms with van der Waals surface area (Å²) >= 11 is 3.00. The van der Waals surface area contributed by atoms with Gasteiger partial charge in [-0.1, -0.05) is 42.1 Å². The minimum Gasteiger partial charge on any atom is -0.350 e. The Morgan fingerprint density at radius 3 is 2.64 bits per heavy atom. The SMILES string of the molecule is Cc1ccc(SCC(=O)NCc2sc(-c3ccccc3)nc2C)nn1. The molecule has 0 atom stereocenters. The van der Waals surface area contributed by atoms with Crippen LogP contribution in [0.2, 0.25) is 0 Å². The number of benzene rings is 1. The van der Waals surface area contributed by atoms with E-state index in [1.54, 1.807) is 11.3 Å². The molecule has 3 rings (SSSR count). The number of amides is 1. The van der Waals surface area contributed by atoms with Gasteiger partial charge in [0.1, 0.15) is 10.0 Å². The van der Waals surface area contributed by atoms with Gasteiger partial charge in [0, 0.05) is 10.4 Å². The molecule has 25 heavy (non-hydrogen) atoms. The minimum atomic E-state index is -0.0264. The number of thioether (sulfide) groups is 1. The van der Waals surface area contributed by atoms with Crippen LogP contribution in [-0.2, 0) is 11.3 Å². The number of carbonyl (C=O) groups is 1. The highest BCUT2D eigenvalue weighted by molar-refractivity contribution is 7.99. The fourth-order valence-corrected chi connectivity index (χ4v) is 3.78.